The first kappa shape index (κ1) is 19.1. The van der Waals surface area contributed by atoms with E-state index in [-0.39, 0.29) is 38.6 Å². The SMILES string of the molecule is [3H]c1ccccc1NC(=O)c1cc[c-]cc1.[CH2-]CC([CH2-])CC.[Y+3]. The molecule has 2 aromatic rings. The van der Waals surface area contributed by atoms with Crippen LogP contribution in [0.5, 0.6) is 0 Å². The molecule has 0 aliphatic carbocycles. The molecule has 2 rings (SSSR count). The Labute approximate surface area is 161 Å². The van der Waals surface area contributed by atoms with Crippen LogP contribution in [0, 0.1) is 25.8 Å². The van der Waals surface area contributed by atoms with Crippen molar-refractivity contribution in [3.63, 3.8) is 0 Å². The van der Waals surface area contributed by atoms with E-state index >= 15 is 0 Å². The maximum Gasteiger partial charge on any atom is 3.00 e. The summed E-state index contributed by atoms with van der Waals surface area (Å²) in [6.45, 7) is 9.63. The predicted molar refractivity (Wildman–Crippen MR) is 88.8 cm³/mol. The molecule has 0 aromatic heterocycles. The van der Waals surface area contributed by atoms with Gasteiger partial charge < -0.3 is 19.2 Å². The van der Waals surface area contributed by atoms with Gasteiger partial charge in [0.1, 0.15) is 0 Å². The molecule has 0 radical (unpaired) electrons. The third-order valence-corrected chi connectivity index (χ3v) is 2.92. The van der Waals surface area contributed by atoms with Gasteiger partial charge in [-0.15, -0.1) is 0 Å². The van der Waals surface area contributed by atoms with Gasteiger partial charge in [0.2, 0.25) is 5.91 Å². The molecule has 0 saturated heterocycles. The van der Waals surface area contributed by atoms with E-state index in [2.05, 4.69) is 32.2 Å². The van der Waals surface area contributed by atoms with Gasteiger partial charge in [0.05, 0.1) is 1.37 Å². The Kier molecular flexibility index (Phi) is 10.9. The minimum atomic E-state index is -0.214. The smallest absolute Gasteiger partial charge is 0.345 e. The molecule has 0 bridgehead atoms. The first-order valence-electron chi connectivity index (χ1n) is 7.53. The van der Waals surface area contributed by atoms with Crippen molar-refractivity contribution in [3.8, 4) is 0 Å². The minimum Gasteiger partial charge on any atom is -0.345 e. The van der Waals surface area contributed by atoms with Gasteiger partial charge >= 0.3 is 32.7 Å². The van der Waals surface area contributed by atoms with Gasteiger partial charge in [0.25, 0.3) is 0 Å². The van der Waals surface area contributed by atoms with E-state index in [1.54, 1.807) is 48.5 Å². The fourth-order valence-corrected chi connectivity index (χ4v) is 1.41. The molecule has 0 spiro atoms. The van der Waals surface area contributed by atoms with E-state index in [1.165, 1.54) is 0 Å². The van der Waals surface area contributed by atoms with Crippen molar-refractivity contribution in [2.24, 2.45) is 5.92 Å². The molecule has 3 heteroatoms. The summed E-state index contributed by atoms with van der Waals surface area (Å²) in [5.41, 5.74) is 1.07. The van der Waals surface area contributed by atoms with Gasteiger partial charge in [-0.25, -0.2) is 6.42 Å². The van der Waals surface area contributed by atoms with Gasteiger partial charge in [-0.2, -0.15) is 36.2 Å². The summed E-state index contributed by atoms with van der Waals surface area (Å²) in [6.07, 6.45) is 2.12. The van der Waals surface area contributed by atoms with Gasteiger partial charge in [0, 0.05) is 5.69 Å². The molecule has 1 unspecified atom stereocenters. The minimum absolute atomic E-state index is 0. The summed E-state index contributed by atoms with van der Waals surface area (Å²) < 4.78 is 7.61. The van der Waals surface area contributed by atoms with Crippen LogP contribution in [0.1, 0.15) is 31.5 Å². The van der Waals surface area contributed by atoms with Crippen molar-refractivity contribution in [1.29, 1.82) is 0 Å². The Morgan fingerprint density at radius 3 is 2.50 bits per heavy atom. The molecule has 2 nitrogen and oxygen atoms in total. The zero-order valence-electron chi connectivity index (χ0n) is 14.0. The summed E-state index contributed by atoms with van der Waals surface area (Å²) >= 11 is 0. The molecule has 112 valence electrons. The monoisotopic (exact) mass is 371 g/mol. The van der Waals surface area contributed by atoms with E-state index in [4.69, 9.17) is 1.37 Å². The Hall–Kier alpha value is -0.986. The van der Waals surface area contributed by atoms with Crippen LogP contribution in [0.15, 0.2) is 54.6 Å². The van der Waals surface area contributed by atoms with Crippen LogP contribution < -0.4 is 5.32 Å². The van der Waals surface area contributed by atoms with Crippen molar-refractivity contribution >= 4 is 11.6 Å². The van der Waals surface area contributed by atoms with Crippen molar-refractivity contribution in [2.45, 2.75) is 19.8 Å². The quantitative estimate of drug-likeness (QED) is 0.768. The van der Waals surface area contributed by atoms with E-state index < -0.39 is 0 Å². The number of rotatable bonds is 4. The standard InChI is InChI=1S/C13H10NO.C6H12.Y/c15-13(11-7-3-1-4-8-11)14-12-9-5-2-6-10-12;1-4-6(3)5-2;/h2-10H,(H,14,15);6H,1,3-5H2,2H3;/q-1;-2;+3/i9T;;. The van der Waals surface area contributed by atoms with Crippen LogP contribution in [0.25, 0.3) is 0 Å². The van der Waals surface area contributed by atoms with E-state index in [0.29, 0.717) is 23.2 Å². The first-order valence-corrected chi connectivity index (χ1v) is 7.03. The zero-order chi connectivity index (χ0) is 16.4. The van der Waals surface area contributed by atoms with E-state index in [0.717, 1.165) is 12.8 Å². The number of nitrogens with one attached hydrogen (secondary N) is 1. The van der Waals surface area contributed by atoms with Crippen LogP contribution in [-0.4, -0.2) is 5.91 Å². The maximum absolute atomic E-state index is 11.8. The molecule has 1 amide bonds. The van der Waals surface area contributed by atoms with Crippen molar-refractivity contribution in [1.82, 2.24) is 0 Å². The fraction of sp³-hybridized carbons (Fsp3) is 0.211. The summed E-state index contributed by atoms with van der Waals surface area (Å²) in [6, 6.07) is 16.8. The Morgan fingerprint density at radius 1 is 1.32 bits per heavy atom. The summed E-state index contributed by atoms with van der Waals surface area (Å²) in [5, 5.41) is 2.69. The van der Waals surface area contributed by atoms with Gasteiger partial charge in [-0.1, -0.05) is 37.1 Å². The topological polar surface area (TPSA) is 29.1 Å². The second-order valence-electron chi connectivity index (χ2n) is 4.58. The van der Waals surface area contributed by atoms with E-state index in [1.807, 2.05) is 0 Å². The number of hydrogen-bond donors (Lipinski definition) is 1. The molecule has 0 aliphatic heterocycles. The molecular weight excluding hydrogens is 347 g/mol. The van der Waals surface area contributed by atoms with Crippen LogP contribution in [0.2, 0.25) is 0 Å². The van der Waals surface area contributed by atoms with Crippen molar-refractivity contribution < 1.29 is 38.9 Å². The van der Waals surface area contributed by atoms with Crippen LogP contribution in [0.4, 0.5) is 5.69 Å². The molecule has 1 atom stereocenters. The number of benzene rings is 2. The van der Waals surface area contributed by atoms with Gasteiger partial charge in [-0.3, -0.25) is 4.79 Å². The molecule has 0 aliphatic rings. The summed E-state index contributed by atoms with van der Waals surface area (Å²) in [5.74, 6) is 0.360. The van der Waals surface area contributed by atoms with Gasteiger partial charge in [0.15, 0.2) is 0 Å². The fourth-order valence-electron chi connectivity index (χ4n) is 1.41. The van der Waals surface area contributed by atoms with Crippen molar-refractivity contribution in [3.05, 3.63) is 80.1 Å². The second-order valence-corrected chi connectivity index (χ2v) is 4.58. The van der Waals surface area contributed by atoms with Crippen molar-refractivity contribution in [2.75, 3.05) is 5.32 Å². The maximum atomic E-state index is 11.8. The summed E-state index contributed by atoms with van der Waals surface area (Å²) in [4.78, 5) is 11.8. The van der Waals surface area contributed by atoms with Crippen LogP contribution in [0.3, 0.4) is 0 Å². The number of hydrogen-bond acceptors (Lipinski definition) is 1. The molecule has 22 heavy (non-hydrogen) atoms. The molecule has 0 fully saturated rings. The molecule has 0 heterocycles. The van der Waals surface area contributed by atoms with Crippen LogP contribution in [-0.2, 0) is 32.7 Å². The largest absolute Gasteiger partial charge is 3.00 e. The molecule has 2 aromatic carbocycles. The van der Waals surface area contributed by atoms with Gasteiger partial charge in [-0.05, 0) is 12.1 Å². The predicted octanol–water partition coefficient (Wildman–Crippen LogP) is 4.81. The molecule has 0 saturated carbocycles. The number of carbonyl (C=O) groups is 1. The second kappa shape index (κ2) is 12.5. The number of para-hydroxylation sites is 1. The average Bonchev–Trinajstić information content (AvgIpc) is 2.57. The zero-order valence-corrected chi connectivity index (χ0v) is 15.8. The normalized spacial score (nSPS) is 11.1. The van der Waals surface area contributed by atoms with E-state index in [9.17, 15) is 4.79 Å². The Bertz CT molecular complexity index is 571. The first-order chi connectivity index (χ1) is 10.6. The summed E-state index contributed by atoms with van der Waals surface area (Å²) in [7, 11) is 0. The Balaban J connectivity index is 0.000000599. The Morgan fingerprint density at radius 2 is 2.00 bits per heavy atom. The number of anilines is 1. The third kappa shape index (κ3) is 8.45. The number of amides is 1. The number of carbonyl (C=O) groups excluding carboxylic acids is 1. The third-order valence-electron chi connectivity index (χ3n) is 2.92. The molecular formula is C19H22NOY. The molecule has 1 N–H and O–H groups in total. The average molecular weight is 371 g/mol. The van der Waals surface area contributed by atoms with Crippen LogP contribution >= 0.6 is 0 Å².